The number of H-pyrrole nitrogens is 2. The van der Waals surface area contributed by atoms with E-state index in [1.807, 2.05) is 25.2 Å². The van der Waals surface area contributed by atoms with Gasteiger partial charge in [-0.05, 0) is 75.2 Å². The number of alkyl halides is 1. The Morgan fingerprint density at radius 3 is 1.61 bits per heavy atom. The second-order valence-corrected chi connectivity index (χ2v) is 16.6. The molecule has 0 bridgehead atoms. The van der Waals surface area contributed by atoms with Crippen LogP contribution in [0, 0.1) is 25.5 Å². The summed E-state index contributed by atoms with van der Waals surface area (Å²) in [5.41, 5.74) is 4.39. The Bertz CT molecular complexity index is 2970. The molecule has 0 aliphatic carbocycles. The van der Waals surface area contributed by atoms with Gasteiger partial charge in [0.1, 0.15) is 12.7 Å². The maximum Gasteiger partial charge on any atom is 0.230 e. The molecule has 20 heteroatoms. The Balaban J connectivity index is 0.000000188. The van der Waals surface area contributed by atoms with Gasteiger partial charge in [-0.25, -0.2) is 28.7 Å². The summed E-state index contributed by atoms with van der Waals surface area (Å²) in [7, 11) is 3.13. The highest BCUT2D eigenvalue weighted by Crippen LogP contribution is 2.39. The van der Waals surface area contributed by atoms with E-state index in [1.165, 1.54) is 24.7 Å². The minimum absolute atomic E-state index is 0.0833. The third kappa shape index (κ3) is 11.2. The number of aromatic amines is 2. The summed E-state index contributed by atoms with van der Waals surface area (Å²) < 4.78 is 69.5. The normalized spacial score (nSPS) is 13.3. The molecule has 1 saturated heterocycles. The molecule has 1 aliphatic heterocycles. The molecule has 1 aliphatic rings. The van der Waals surface area contributed by atoms with Gasteiger partial charge in [0.2, 0.25) is 11.8 Å². The summed E-state index contributed by atoms with van der Waals surface area (Å²) in [4.78, 5) is 30.9. The van der Waals surface area contributed by atoms with Gasteiger partial charge in [-0.1, -0.05) is 15.9 Å². The van der Waals surface area contributed by atoms with E-state index < -0.39 is 11.6 Å². The van der Waals surface area contributed by atoms with Crippen molar-refractivity contribution in [2.45, 2.75) is 26.7 Å². The molecule has 4 aromatic heterocycles. The highest BCUT2D eigenvalue weighted by atomic mass is 79.9. The van der Waals surface area contributed by atoms with Gasteiger partial charge in [-0.15, -0.1) is 9.32 Å². The molecule has 0 unspecified atom stereocenters. The number of aromatic nitrogens is 6. The lowest BCUT2D eigenvalue weighted by atomic mass is 10.2. The number of aryl methyl sites for hydroxylation is 2. The Morgan fingerprint density at radius 2 is 1.13 bits per heavy atom. The van der Waals surface area contributed by atoms with Gasteiger partial charge >= 0.3 is 0 Å². The number of ether oxygens (including phenoxy) is 6. The molecular weight excluding hydrogens is 955 g/mol. The number of halogens is 3. The SMILES string of the molecule is COc1cc2c(Oc3ccc4[nH]c(C)cc4c3F)ncnc2cc1OCCCBr.COc1cc2c(Oc3ccc4[nH]c(C)cc4c3F)ncnc2cc1OCCCN1CCN(OOSC)CC1. The van der Waals surface area contributed by atoms with Crippen molar-refractivity contribution in [1.82, 2.24) is 39.9 Å². The van der Waals surface area contributed by atoms with Gasteiger partial charge in [0.15, 0.2) is 46.1 Å². The zero-order valence-corrected chi connectivity index (χ0v) is 39.9. The minimum atomic E-state index is -0.451. The zero-order valence-electron chi connectivity index (χ0n) is 37.5. The number of hydroxylamine groups is 2. The van der Waals surface area contributed by atoms with Crippen LogP contribution in [0.3, 0.4) is 0 Å². The van der Waals surface area contributed by atoms with Crippen LogP contribution in [0.15, 0.2) is 73.3 Å². The number of piperazine rings is 1. The second-order valence-electron chi connectivity index (χ2n) is 15.4. The molecule has 67 heavy (non-hydrogen) atoms. The highest BCUT2D eigenvalue weighted by Gasteiger charge is 2.20. The molecule has 5 heterocycles. The van der Waals surface area contributed by atoms with Crippen molar-refractivity contribution in [3.63, 3.8) is 0 Å². The van der Waals surface area contributed by atoms with Crippen molar-refractivity contribution in [1.29, 1.82) is 0 Å². The first-order valence-electron chi connectivity index (χ1n) is 21.4. The summed E-state index contributed by atoms with van der Waals surface area (Å²) in [6, 6.07) is 17.3. The number of fused-ring (bicyclic) bond motifs is 4. The lowest BCUT2D eigenvalue weighted by Gasteiger charge is -2.32. The number of benzene rings is 4. The average molecular weight is 1000 g/mol. The summed E-state index contributed by atoms with van der Waals surface area (Å²) in [5.74, 6) is 1.97. The molecule has 9 rings (SSSR count). The summed E-state index contributed by atoms with van der Waals surface area (Å²) in [5, 5.41) is 4.79. The van der Waals surface area contributed by atoms with Gasteiger partial charge < -0.3 is 43.3 Å². The molecule has 2 N–H and O–H groups in total. The smallest absolute Gasteiger partial charge is 0.230 e. The first kappa shape index (κ1) is 47.5. The maximum atomic E-state index is 15.1. The minimum Gasteiger partial charge on any atom is -0.493 e. The number of rotatable bonds is 18. The third-order valence-corrected chi connectivity index (χ3v) is 11.6. The predicted octanol–water partition coefficient (Wildman–Crippen LogP) is 10.4. The van der Waals surface area contributed by atoms with E-state index in [4.69, 9.17) is 37.7 Å². The van der Waals surface area contributed by atoms with Crippen LogP contribution in [0.5, 0.6) is 46.3 Å². The number of methoxy groups -OCH3 is 2. The van der Waals surface area contributed by atoms with Crippen LogP contribution in [0.4, 0.5) is 8.78 Å². The van der Waals surface area contributed by atoms with E-state index in [0.717, 1.165) is 62.3 Å². The van der Waals surface area contributed by atoms with E-state index in [-0.39, 0.29) is 23.3 Å². The van der Waals surface area contributed by atoms with Crippen molar-refractivity contribution in [2.75, 3.05) is 71.7 Å². The monoisotopic (exact) mass is 1000 g/mol. The van der Waals surface area contributed by atoms with Crippen LogP contribution in [0.2, 0.25) is 0 Å². The molecule has 16 nitrogen and oxygen atoms in total. The molecule has 0 atom stereocenters. The molecular formula is C47H49BrF2N8O8S. The topological polar surface area (TPSA) is 163 Å². The molecule has 0 spiro atoms. The van der Waals surface area contributed by atoms with Crippen LogP contribution in [-0.2, 0) is 9.32 Å². The largest absolute Gasteiger partial charge is 0.493 e. The second kappa shape index (κ2) is 22.2. The molecule has 0 radical (unpaired) electrons. The summed E-state index contributed by atoms with van der Waals surface area (Å²) in [6.07, 6.45) is 6.29. The standard InChI is InChI=1S/C26H30FN5O5S.C21H19BrFN3O3/c1-17-13-18-20(30-17)5-6-22(25(18)27)35-26-19-14-23(33-2)24(15-21(19)28-16-29-26)34-12-4-7-31-8-10-32(11-9-31)36-37-38-3;1-12-8-13-15(26-12)4-5-17(20(13)23)29-21-14-9-18(27-2)19(28-7-3-6-22)10-16(14)24-11-25-21/h5-6,13-16,30H,4,7-12H2,1-3H3;4-5,8-11,26H,3,6-7H2,1-2H3. The molecule has 8 aromatic rings. The zero-order chi connectivity index (χ0) is 46.9. The fourth-order valence-electron chi connectivity index (χ4n) is 7.54. The number of hydrogen-bond acceptors (Lipinski definition) is 15. The van der Waals surface area contributed by atoms with Crippen LogP contribution >= 0.6 is 28.0 Å². The lowest BCUT2D eigenvalue weighted by molar-refractivity contribution is -0.365. The van der Waals surface area contributed by atoms with Gasteiger partial charge in [-0.2, -0.15) is 5.06 Å². The van der Waals surface area contributed by atoms with E-state index in [2.05, 4.69) is 50.7 Å². The van der Waals surface area contributed by atoms with E-state index in [0.29, 0.717) is 79.8 Å². The first-order chi connectivity index (χ1) is 32.7. The molecule has 4 aromatic carbocycles. The van der Waals surface area contributed by atoms with E-state index in [1.54, 1.807) is 74.9 Å². The van der Waals surface area contributed by atoms with E-state index >= 15 is 4.39 Å². The van der Waals surface area contributed by atoms with E-state index in [9.17, 15) is 4.39 Å². The third-order valence-electron chi connectivity index (χ3n) is 10.8. The number of hydrogen-bond donors (Lipinski definition) is 2. The fraction of sp³-hybridized carbons (Fsp3) is 0.319. The molecule has 0 saturated carbocycles. The highest BCUT2D eigenvalue weighted by molar-refractivity contribution is 9.09. The quantitative estimate of drug-likeness (QED) is 0.0274. The number of nitrogens with one attached hydrogen (secondary N) is 2. The molecule has 1 fully saturated rings. The van der Waals surface area contributed by atoms with Crippen LogP contribution in [-0.4, -0.2) is 112 Å². The van der Waals surface area contributed by atoms with Gasteiger partial charge in [0.25, 0.3) is 0 Å². The van der Waals surface area contributed by atoms with Crippen molar-refractivity contribution < 1.29 is 46.5 Å². The molecule has 352 valence electrons. The van der Waals surface area contributed by atoms with Crippen molar-refractivity contribution >= 4 is 71.6 Å². The average Bonchev–Trinajstić information content (AvgIpc) is 3.93. The predicted molar refractivity (Wildman–Crippen MR) is 256 cm³/mol. The van der Waals surface area contributed by atoms with Gasteiger partial charge in [0, 0.05) is 102 Å². The van der Waals surface area contributed by atoms with Crippen LogP contribution in [0.1, 0.15) is 24.2 Å². The summed E-state index contributed by atoms with van der Waals surface area (Å²) in [6.45, 7) is 9.09. The van der Waals surface area contributed by atoms with Crippen LogP contribution in [0.25, 0.3) is 43.6 Å². The lowest BCUT2D eigenvalue weighted by Crippen LogP contribution is -2.46. The number of nitrogens with zero attached hydrogens (tertiary/aromatic N) is 6. The van der Waals surface area contributed by atoms with Gasteiger partial charge in [-0.3, -0.25) is 0 Å². The van der Waals surface area contributed by atoms with Crippen molar-refractivity contribution in [2.24, 2.45) is 0 Å². The van der Waals surface area contributed by atoms with Crippen LogP contribution < -0.4 is 28.4 Å². The first-order valence-corrected chi connectivity index (χ1v) is 23.7. The van der Waals surface area contributed by atoms with Crippen molar-refractivity contribution in [3.8, 4) is 46.3 Å². The molecule has 0 amide bonds. The fourth-order valence-corrected chi connectivity index (χ4v) is 7.91. The van der Waals surface area contributed by atoms with Gasteiger partial charge in [0.05, 0.1) is 49.2 Å². The Labute approximate surface area is 397 Å². The Hall–Kier alpha value is -6.03. The Morgan fingerprint density at radius 1 is 0.627 bits per heavy atom. The Kier molecular flexibility index (Phi) is 15.7. The summed E-state index contributed by atoms with van der Waals surface area (Å²) >= 11 is 4.56. The van der Waals surface area contributed by atoms with Crippen molar-refractivity contribution in [3.05, 3.63) is 96.3 Å². The maximum absolute atomic E-state index is 15.1.